The number of nitriles is 1. The second-order valence-corrected chi connectivity index (χ2v) is 5.80. The van der Waals surface area contributed by atoms with Crippen LogP contribution in [0.15, 0.2) is 48.7 Å². The Kier molecular flexibility index (Phi) is 4.96. The van der Waals surface area contributed by atoms with Gasteiger partial charge in [0.25, 0.3) is 0 Å². The van der Waals surface area contributed by atoms with E-state index in [1.54, 1.807) is 6.07 Å². The van der Waals surface area contributed by atoms with Gasteiger partial charge in [-0.2, -0.15) is 23.5 Å². The molecule has 0 fully saturated rings. The van der Waals surface area contributed by atoms with Crippen LogP contribution in [-0.4, -0.2) is 15.6 Å². The standard InChI is InChI=1S/C19H10F5N3O/c20-15-7-11(10-25)8-16(21)18(15)27-6-5-12(26-27)9-17(28)13-3-1-2-4-14(13)19(22,23)24/h1-8H,9H2. The fraction of sp³-hybridized carbons (Fsp3) is 0.105. The number of carbonyl (C=O) groups excluding carboxylic acids is 1. The lowest BCUT2D eigenvalue weighted by Crippen LogP contribution is -2.14. The molecule has 0 spiro atoms. The number of Topliss-reactive ketones (excluding diaryl/α,β-unsaturated/α-hetero) is 1. The van der Waals surface area contributed by atoms with E-state index in [0.717, 1.165) is 28.9 Å². The van der Waals surface area contributed by atoms with Crippen LogP contribution in [0.3, 0.4) is 0 Å². The zero-order valence-corrected chi connectivity index (χ0v) is 14.0. The molecule has 28 heavy (non-hydrogen) atoms. The summed E-state index contributed by atoms with van der Waals surface area (Å²) in [4.78, 5) is 12.3. The number of hydrogen-bond donors (Lipinski definition) is 0. The molecule has 142 valence electrons. The number of hydrogen-bond acceptors (Lipinski definition) is 3. The fourth-order valence-electron chi connectivity index (χ4n) is 2.66. The summed E-state index contributed by atoms with van der Waals surface area (Å²) in [5.74, 6) is -2.92. The Labute approximate surface area is 155 Å². The molecule has 0 amide bonds. The first kappa shape index (κ1) is 19.2. The highest BCUT2D eigenvalue weighted by Crippen LogP contribution is 2.32. The maximum Gasteiger partial charge on any atom is 0.417 e. The summed E-state index contributed by atoms with van der Waals surface area (Å²) < 4.78 is 68.1. The molecule has 0 unspecified atom stereocenters. The first-order valence-corrected chi connectivity index (χ1v) is 7.84. The normalized spacial score (nSPS) is 11.3. The van der Waals surface area contributed by atoms with Crippen molar-refractivity contribution in [1.29, 1.82) is 5.26 Å². The van der Waals surface area contributed by atoms with Crippen LogP contribution in [0.4, 0.5) is 22.0 Å². The number of rotatable bonds is 4. The monoisotopic (exact) mass is 391 g/mol. The first-order valence-electron chi connectivity index (χ1n) is 7.84. The third-order valence-electron chi connectivity index (χ3n) is 3.89. The van der Waals surface area contributed by atoms with Crippen LogP contribution >= 0.6 is 0 Å². The Morgan fingerprint density at radius 2 is 1.75 bits per heavy atom. The molecule has 3 rings (SSSR count). The molecule has 0 saturated carbocycles. The average molecular weight is 391 g/mol. The van der Waals surface area contributed by atoms with E-state index in [9.17, 15) is 26.7 Å². The summed E-state index contributed by atoms with van der Waals surface area (Å²) in [5, 5.41) is 12.6. The smallest absolute Gasteiger partial charge is 0.294 e. The van der Waals surface area contributed by atoms with Crippen molar-refractivity contribution in [2.24, 2.45) is 0 Å². The zero-order valence-electron chi connectivity index (χ0n) is 14.0. The van der Waals surface area contributed by atoms with Gasteiger partial charge in [-0.25, -0.2) is 13.5 Å². The van der Waals surface area contributed by atoms with Gasteiger partial charge in [-0.05, 0) is 24.3 Å². The molecule has 1 heterocycles. The van der Waals surface area contributed by atoms with E-state index in [-0.39, 0.29) is 11.3 Å². The molecule has 3 aromatic rings. The SMILES string of the molecule is N#Cc1cc(F)c(-n2ccc(CC(=O)c3ccccc3C(F)(F)F)n2)c(F)c1. The Morgan fingerprint density at radius 1 is 1.11 bits per heavy atom. The molecule has 2 aromatic carbocycles. The maximum absolute atomic E-state index is 14.1. The lowest BCUT2D eigenvalue weighted by atomic mass is 10.0. The molecule has 1 aromatic heterocycles. The van der Waals surface area contributed by atoms with Crippen molar-refractivity contribution >= 4 is 5.78 Å². The second-order valence-electron chi connectivity index (χ2n) is 5.80. The molecule has 4 nitrogen and oxygen atoms in total. The van der Waals surface area contributed by atoms with Gasteiger partial charge in [0.05, 0.1) is 29.3 Å². The van der Waals surface area contributed by atoms with Crippen molar-refractivity contribution in [3.05, 3.63) is 82.7 Å². The number of benzene rings is 2. The lowest BCUT2D eigenvalue weighted by Gasteiger charge is -2.11. The van der Waals surface area contributed by atoms with E-state index in [0.29, 0.717) is 0 Å². The average Bonchev–Trinajstić information content (AvgIpc) is 3.08. The minimum atomic E-state index is -4.69. The van der Waals surface area contributed by atoms with Gasteiger partial charge >= 0.3 is 6.18 Å². The molecule has 0 N–H and O–H groups in total. The van der Waals surface area contributed by atoms with Gasteiger partial charge in [-0.15, -0.1) is 0 Å². The fourth-order valence-corrected chi connectivity index (χ4v) is 2.66. The third-order valence-corrected chi connectivity index (χ3v) is 3.89. The predicted octanol–water partition coefficient (Wildman–Crippen LogP) is 4.47. The number of aromatic nitrogens is 2. The van der Waals surface area contributed by atoms with Crippen molar-refractivity contribution in [2.75, 3.05) is 0 Å². The van der Waals surface area contributed by atoms with Gasteiger partial charge < -0.3 is 0 Å². The molecule has 0 radical (unpaired) electrons. The van der Waals surface area contributed by atoms with Crippen LogP contribution in [0.2, 0.25) is 0 Å². The molecule has 9 heteroatoms. The van der Waals surface area contributed by atoms with Gasteiger partial charge in [-0.3, -0.25) is 4.79 Å². The predicted molar refractivity (Wildman–Crippen MR) is 87.7 cm³/mol. The molecular weight excluding hydrogens is 381 g/mol. The van der Waals surface area contributed by atoms with Gasteiger partial charge in [-0.1, -0.05) is 18.2 Å². The van der Waals surface area contributed by atoms with Crippen molar-refractivity contribution in [1.82, 2.24) is 9.78 Å². The van der Waals surface area contributed by atoms with Crippen LogP contribution in [0.5, 0.6) is 0 Å². The molecule has 0 atom stereocenters. The highest BCUT2D eigenvalue weighted by molar-refractivity contribution is 5.98. The topological polar surface area (TPSA) is 58.7 Å². The summed E-state index contributed by atoms with van der Waals surface area (Å²) in [5.41, 5.74) is -2.33. The number of carbonyl (C=O) groups is 1. The van der Waals surface area contributed by atoms with Crippen LogP contribution < -0.4 is 0 Å². The van der Waals surface area contributed by atoms with E-state index in [1.807, 2.05) is 0 Å². The number of ketones is 1. The van der Waals surface area contributed by atoms with Crippen molar-refractivity contribution in [2.45, 2.75) is 12.6 Å². The van der Waals surface area contributed by atoms with E-state index in [4.69, 9.17) is 5.26 Å². The van der Waals surface area contributed by atoms with Crippen molar-refractivity contribution in [3.8, 4) is 11.8 Å². The summed E-state index contributed by atoms with van der Waals surface area (Å²) in [6, 6.07) is 8.86. The Bertz CT molecular complexity index is 1070. The highest BCUT2D eigenvalue weighted by Gasteiger charge is 2.34. The van der Waals surface area contributed by atoms with Crippen LogP contribution in [0, 0.1) is 23.0 Å². The lowest BCUT2D eigenvalue weighted by molar-refractivity contribution is -0.137. The van der Waals surface area contributed by atoms with Gasteiger partial charge in [0.2, 0.25) is 0 Å². The molecule has 0 aliphatic carbocycles. The molecule has 0 aliphatic heterocycles. The van der Waals surface area contributed by atoms with Crippen LogP contribution in [0.1, 0.15) is 27.2 Å². The number of alkyl halides is 3. The molecule has 0 saturated heterocycles. The third kappa shape index (κ3) is 3.76. The van der Waals surface area contributed by atoms with Gasteiger partial charge in [0.1, 0.15) is 5.69 Å². The second kappa shape index (κ2) is 7.23. The number of halogens is 5. The summed E-state index contributed by atoms with van der Waals surface area (Å²) in [7, 11) is 0. The Hall–Kier alpha value is -3.54. The molecule has 0 aliphatic rings. The minimum Gasteiger partial charge on any atom is -0.294 e. The Balaban J connectivity index is 1.89. The highest BCUT2D eigenvalue weighted by atomic mass is 19.4. The van der Waals surface area contributed by atoms with E-state index in [2.05, 4.69) is 5.10 Å². The summed E-state index contributed by atoms with van der Waals surface area (Å²) in [6.45, 7) is 0. The minimum absolute atomic E-state index is 0.0325. The van der Waals surface area contributed by atoms with Crippen LogP contribution in [-0.2, 0) is 12.6 Å². The van der Waals surface area contributed by atoms with Crippen molar-refractivity contribution in [3.63, 3.8) is 0 Å². The van der Waals surface area contributed by atoms with Gasteiger partial charge in [0.15, 0.2) is 17.4 Å². The first-order chi connectivity index (χ1) is 13.2. The van der Waals surface area contributed by atoms with Crippen LogP contribution in [0.25, 0.3) is 5.69 Å². The van der Waals surface area contributed by atoms with E-state index >= 15 is 0 Å². The number of nitrogens with zero attached hydrogens (tertiary/aromatic N) is 3. The summed E-state index contributed by atoms with van der Waals surface area (Å²) in [6.07, 6.45) is -4.01. The molecule has 0 bridgehead atoms. The van der Waals surface area contributed by atoms with Gasteiger partial charge in [0, 0.05) is 11.8 Å². The Morgan fingerprint density at radius 3 is 2.36 bits per heavy atom. The van der Waals surface area contributed by atoms with E-state index in [1.165, 1.54) is 24.4 Å². The van der Waals surface area contributed by atoms with E-state index < -0.39 is 46.8 Å². The zero-order chi connectivity index (χ0) is 20.5. The van der Waals surface area contributed by atoms with Crippen molar-refractivity contribution < 1.29 is 26.7 Å². The largest absolute Gasteiger partial charge is 0.417 e. The maximum atomic E-state index is 14.1. The quantitative estimate of drug-likeness (QED) is 0.487. The summed E-state index contributed by atoms with van der Waals surface area (Å²) >= 11 is 0. The molecular formula is C19H10F5N3O.